The molecule has 0 unspecified atom stereocenters. The largest absolute Gasteiger partial charge is 0.360 e. The van der Waals surface area contributed by atoms with Crippen LogP contribution in [-0.2, 0) is 11.8 Å². The second kappa shape index (κ2) is 7.52. The summed E-state index contributed by atoms with van der Waals surface area (Å²) in [7, 11) is 1.92. The summed E-state index contributed by atoms with van der Waals surface area (Å²) in [6, 6.07) is 14.1. The summed E-state index contributed by atoms with van der Waals surface area (Å²) in [6.07, 6.45) is 1.94. The molecule has 1 amide bonds. The Balaban J connectivity index is 1.47. The van der Waals surface area contributed by atoms with Gasteiger partial charge in [-0.15, -0.1) is 10.2 Å². The van der Waals surface area contributed by atoms with E-state index in [1.54, 1.807) is 0 Å². The minimum Gasteiger partial charge on any atom is -0.360 e. The van der Waals surface area contributed by atoms with Crippen LogP contribution in [0.5, 0.6) is 0 Å². The van der Waals surface area contributed by atoms with Gasteiger partial charge in [-0.3, -0.25) is 4.79 Å². The lowest BCUT2D eigenvalue weighted by Gasteiger charge is -2.07. The van der Waals surface area contributed by atoms with Crippen LogP contribution in [0.25, 0.3) is 22.3 Å². The van der Waals surface area contributed by atoms with Crippen LogP contribution in [0.4, 0.5) is 5.69 Å². The van der Waals surface area contributed by atoms with Crippen molar-refractivity contribution in [3.63, 3.8) is 0 Å². The highest BCUT2D eigenvalue weighted by Crippen LogP contribution is 2.29. The molecule has 2 heterocycles. The zero-order chi connectivity index (χ0) is 19.7. The van der Waals surface area contributed by atoms with Crippen molar-refractivity contribution < 1.29 is 4.79 Å². The average molecular weight is 392 g/mol. The van der Waals surface area contributed by atoms with E-state index in [1.807, 2.05) is 62.0 Å². The number of hydrogen-bond donors (Lipinski definition) is 2. The number of para-hydroxylation sites is 1. The zero-order valence-corrected chi connectivity index (χ0v) is 16.8. The van der Waals surface area contributed by atoms with Gasteiger partial charge in [0, 0.05) is 35.4 Å². The molecule has 142 valence electrons. The maximum absolute atomic E-state index is 12.3. The topological polar surface area (TPSA) is 75.6 Å². The highest BCUT2D eigenvalue weighted by Gasteiger charge is 2.16. The van der Waals surface area contributed by atoms with Gasteiger partial charge >= 0.3 is 0 Å². The molecule has 0 aliphatic rings. The van der Waals surface area contributed by atoms with E-state index in [4.69, 9.17) is 0 Å². The number of benzene rings is 2. The normalized spacial score (nSPS) is 11.1. The van der Waals surface area contributed by atoms with Gasteiger partial charge in [0.15, 0.2) is 11.0 Å². The second-order valence-electron chi connectivity index (χ2n) is 6.83. The molecule has 0 saturated carbocycles. The van der Waals surface area contributed by atoms with E-state index in [2.05, 4.69) is 32.6 Å². The third-order valence-corrected chi connectivity index (χ3v) is 5.52. The van der Waals surface area contributed by atoms with Gasteiger partial charge in [-0.25, -0.2) is 0 Å². The van der Waals surface area contributed by atoms with Crippen molar-refractivity contribution in [3.05, 3.63) is 59.8 Å². The van der Waals surface area contributed by atoms with Crippen molar-refractivity contribution in [3.8, 4) is 11.4 Å². The number of H-pyrrole nitrogens is 1. The summed E-state index contributed by atoms with van der Waals surface area (Å²) >= 11 is 1.37. The third-order valence-electron chi connectivity index (χ3n) is 4.50. The van der Waals surface area contributed by atoms with Gasteiger partial charge in [0.05, 0.1) is 5.75 Å². The molecule has 28 heavy (non-hydrogen) atoms. The Hall–Kier alpha value is -3.06. The van der Waals surface area contributed by atoms with Gasteiger partial charge in [-0.2, -0.15) is 0 Å². The fourth-order valence-electron chi connectivity index (χ4n) is 3.31. The van der Waals surface area contributed by atoms with Crippen LogP contribution in [-0.4, -0.2) is 31.4 Å². The number of hydrogen-bond acceptors (Lipinski definition) is 4. The number of aromatic nitrogens is 4. The first kappa shape index (κ1) is 18.3. The number of rotatable bonds is 5. The first-order valence-corrected chi connectivity index (χ1v) is 9.96. The molecular formula is C21H21N5OS. The number of aromatic amines is 1. The Morgan fingerprint density at radius 2 is 1.89 bits per heavy atom. The second-order valence-corrected chi connectivity index (χ2v) is 7.77. The lowest BCUT2D eigenvalue weighted by molar-refractivity contribution is -0.113. The van der Waals surface area contributed by atoms with Crippen molar-refractivity contribution in [2.24, 2.45) is 7.05 Å². The fourth-order valence-corrected chi connectivity index (χ4v) is 4.02. The van der Waals surface area contributed by atoms with E-state index < -0.39 is 0 Å². The maximum atomic E-state index is 12.3. The summed E-state index contributed by atoms with van der Waals surface area (Å²) in [4.78, 5) is 15.6. The van der Waals surface area contributed by atoms with Crippen LogP contribution < -0.4 is 5.32 Å². The predicted octanol–water partition coefficient (Wildman–Crippen LogP) is 4.31. The standard InChI is InChI=1S/C21H21N5OS/c1-13-8-14(2)10-15(9-13)23-19(27)12-28-21-25-24-20(26(21)3)17-11-22-18-7-5-4-6-16(17)18/h4-11,22H,12H2,1-3H3,(H,23,27). The van der Waals surface area contributed by atoms with Gasteiger partial charge in [0.2, 0.25) is 5.91 Å². The molecule has 2 aromatic heterocycles. The highest BCUT2D eigenvalue weighted by atomic mass is 32.2. The van der Waals surface area contributed by atoms with Crippen molar-refractivity contribution in [1.82, 2.24) is 19.7 Å². The summed E-state index contributed by atoms with van der Waals surface area (Å²) in [6.45, 7) is 4.03. The lowest BCUT2D eigenvalue weighted by Crippen LogP contribution is -2.14. The number of nitrogens with zero attached hydrogens (tertiary/aromatic N) is 3. The van der Waals surface area contributed by atoms with Crippen molar-refractivity contribution in [1.29, 1.82) is 0 Å². The summed E-state index contributed by atoms with van der Waals surface area (Å²) < 4.78 is 1.92. The van der Waals surface area contributed by atoms with Crippen molar-refractivity contribution in [2.45, 2.75) is 19.0 Å². The molecule has 0 aliphatic heterocycles. The average Bonchev–Trinajstić information content (AvgIpc) is 3.22. The Morgan fingerprint density at radius 3 is 2.68 bits per heavy atom. The molecular weight excluding hydrogens is 370 g/mol. The van der Waals surface area contributed by atoms with Crippen LogP contribution in [0.1, 0.15) is 11.1 Å². The molecule has 4 aromatic rings. The number of carbonyl (C=O) groups excluding carboxylic acids is 1. The molecule has 2 N–H and O–H groups in total. The van der Waals surface area contributed by atoms with Gasteiger partial charge in [0.1, 0.15) is 0 Å². The van der Waals surface area contributed by atoms with Gasteiger partial charge in [0.25, 0.3) is 0 Å². The lowest BCUT2D eigenvalue weighted by atomic mass is 10.1. The van der Waals surface area contributed by atoms with Crippen LogP contribution in [0.3, 0.4) is 0 Å². The SMILES string of the molecule is Cc1cc(C)cc(NC(=O)CSc2nnc(-c3c[nH]c4ccccc34)n2C)c1. The molecule has 0 fully saturated rings. The minimum atomic E-state index is -0.0633. The number of anilines is 1. The van der Waals surface area contributed by atoms with Crippen LogP contribution in [0, 0.1) is 13.8 Å². The number of thioether (sulfide) groups is 1. The molecule has 0 radical (unpaired) electrons. The van der Waals surface area contributed by atoms with Gasteiger partial charge < -0.3 is 14.9 Å². The first-order valence-electron chi connectivity index (χ1n) is 8.98. The zero-order valence-electron chi connectivity index (χ0n) is 16.0. The third kappa shape index (κ3) is 3.66. The Labute approximate surface area is 167 Å². The van der Waals surface area contributed by atoms with Crippen LogP contribution in [0.15, 0.2) is 53.8 Å². The smallest absolute Gasteiger partial charge is 0.234 e. The molecule has 6 nitrogen and oxygen atoms in total. The van der Waals surface area contributed by atoms with Crippen LogP contribution >= 0.6 is 11.8 Å². The monoisotopic (exact) mass is 391 g/mol. The maximum Gasteiger partial charge on any atom is 0.234 e. The number of aryl methyl sites for hydroxylation is 2. The summed E-state index contributed by atoms with van der Waals surface area (Å²) in [5, 5.41) is 13.4. The molecule has 0 atom stereocenters. The molecule has 2 aromatic carbocycles. The van der Waals surface area contributed by atoms with Crippen LogP contribution in [0.2, 0.25) is 0 Å². The molecule has 0 spiro atoms. The van der Waals surface area contributed by atoms with E-state index in [0.717, 1.165) is 39.1 Å². The molecule has 4 rings (SSSR count). The van der Waals surface area contributed by atoms with Crippen molar-refractivity contribution >= 4 is 34.3 Å². The van der Waals surface area contributed by atoms with E-state index >= 15 is 0 Å². The van der Waals surface area contributed by atoms with Crippen molar-refractivity contribution in [2.75, 3.05) is 11.1 Å². The van der Waals surface area contributed by atoms with E-state index in [-0.39, 0.29) is 11.7 Å². The summed E-state index contributed by atoms with van der Waals surface area (Å²) in [5.41, 5.74) is 5.12. The quantitative estimate of drug-likeness (QED) is 0.497. The predicted molar refractivity (Wildman–Crippen MR) is 114 cm³/mol. The fraction of sp³-hybridized carbons (Fsp3) is 0.190. The summed E-state index contributed by atoms with van der Waals surface area (Å²) in [5.74, 6) is 0.980. The number of fused-ring (bicyclic) bond motifs is 1. The van der Waals surface area contributed by atoms with E-state index in [0.29, 0.717) is 5.16 Å². The number of amides is 1. The van der Waals surface area contributed by atoms with E-state index in [9.17, 15) is 4.79 Å². The number of nitrogens with one attached hydrogen (secondary N) is 2. The van der Waals surface area contributed by atoms with Gasteiger partial charge in [-0.05, 0) is 43.2 Å². The Morgan fingerprint density at radius 1 is 1.14 bits per heavy atom. The highest BCUT2D eigenvalue weighted by molar-refractivity contribution is 7.99. The molecule has 0 bridgehead atoms. The first-order chi connectivity index (χ1) is 13.5. The molecule has 0 saturated heterocycles. The minimum absolute atomic E-state index is 0.0633. The number of carbonyl (C=O) groups is 1. The van der Waals surface area contributed by atoms with E-state index in [1.165, 1.54) is 11.8 Å². The van der Waals surface area contributed by atoms with Gasteiger partial charge in [-0.1, -0.05) is 36.0 Å². The Bertz CT molecular complexity index is 1140. The Kier molecular flexibility index (Phi) is 4.92. The molecule has 7 heteroatoms. The molecule has 0 aliphatic carbocycles.